The Kier molecular flexibility index (Phi) is 10.3. The molecule has 2 atom stereocenters. The lowest BCUT2D eigenvalue weighted by atomic mass is 10.2. The maximum absolute atomic E-state index is 11.8. The summed E-state index contributed by atoms with van der Waals surface area (Å²) in [6.45, 7) is 2.15. The molecule has 0 aromatic heterocycles. The Morgan fingerprint density at radius 2 is 1.12 bits per heavy atom. The van der Waals surface area contributed by atoms with Crippen molar-refractivity contribution < 1.29 is 38.1 Å². The van der Waals surface area contributed by atoms with Crippen molar-refractivity contribution in [3.63, 3.8) is 0 Å². The van der Waals surface area contributed by atoms with Crippen LogP contribution in [-0.4, -0.2) is 75.5 Å². The van der Waals surface area contributed by atoms with Gasteiger partial charge in [0.15, 0.2) is 0 Å². The largest absolute Gasteiger partial charge is 0.462 e. The Morgan fingerprint density at radius 1 is 0.731 bits per heavy atom. The third-order valence-electron chi connectivity index (χ3n) is 3.51. The summed E-state index contributed by atoms with van der Waals surface area (Å²) < 4.78 is 20.0. The first-order valence-electron chi connectivity index (χ1n) is 8.50. The zero-order valence-corrected chi connectivity index (χ0v) is 15.1. The zero-order chi connectivity index (χ0) is 19.4. The molecule has 2 amide bonds. The minimum atomic E-state index is -0.651. The van der Waals surface area contributed by atoms with Gasteiger partial charge in [-0.2, -0.15) is 0 Å². The summed E-state index contributed by atoms with van der Waals surface area (Å²) >= 11 is 0. The number of cyclic esters (lactones) is 2. The van der Waals surface area contributed by atoms with Gasteiger partial charge in [-0.3, -0.25) is 9.59 Å². The molecule has 0 spiro atoms. The first-order valence-corrected chi connectivity index (χ1v) is 8.50. The standard InChI is InChI=1S/C16H26N2O8/c1-3-11-5-25-15(21)9-24-10-16(22)26-6-12(4-2)18-14(20)8-23-7-13(19)17-11/h11-12H,3-10H2,1-2H3,(H,17,19)(H,18,20)/t11-,12-/m1/s1. The predicted molar refractivity (Wildman–Crippen MR) is 88.0 cm³/mol. The molecule has 26 heavy (non-hydrogen) atoms. The monoisotopic (exact) mass is 374 g/mol. The lowest BCUT2D eigenvalue weighted by Gasteiger charge is -2.19. The molecule has 1 fully saturated rings. The van der Waals surface area contributed by atoms with E-state index in [1.807, 2.05) is 13.8 Å². The second kappa shape index (κ2) is 12.2. The summed E-state index contributed by atoms with van der Waals surface area (Å²) in [5, 5.41) is 5.29. The molecule has 10 heteroatoms. The van der Waals surface area contributed by atoms with E-state index in [0.717, 1.165) is 0 Å². The van der Waals surface area contributed by atoms with Gasteiger partial charge in [0.25, 0.3) is 0 Å². The van der Waals surface area contributed by atoms with Crippen molar-refractivity contribution in [3.05, 3.63) is 0 Å². The minimum absolute atomic E-state index is 0.0342. The molecular weight excluding hydrogens is 348 g/mol. The Hall–Kier alpha value is -2.20. The van der Waals surface area contributed by atoms with Gasteiger partial charge in [0.1, 0.15) is 39.6 Å². The molecule has 1 aliphatic heterocycles. The van der Waals surface area contributed by atoms with Crippen molar-refractivity contribution in [2.45, 2.75) is 38.8 Å². The van der Waals surface area contributed by atoms with E-state index in [1.165, 1.54) is 0 Å². The molecule has 2 N–H and O–H groups in total. The number of nitrogens with one attached hydrogen (secondary N) is 2. The van der Waals surface area contributed by atoms with Gasteiger partial charge in [-0.05, 0) is 12.8 Å². The Balaban J connectivity index is 2.63. The molecule has 0 radical (unpaired) electrons. The minimum Gasteiger partial charge on any atom is -0.462 e. The van der Waals surface area contributed by atoms with E-state index < -0.39 is 49.1 Å². The summed E-state index contributed by atoms with van der Waals surface area (Å²) in [6, 6.07) is -0.783. The molecule has 1 heterocycles. The number of hydrogen-bond donors (Lipinski definition) is 2. The van der Waals surface area contributed by atoms with Crippen LogP contribution in [0.3, 0.4) is 0 Å². The quantitative estimate of drug-likeness (QED) is 0.583. The van der Waals surface area contributed by atoms with Gasteiger partial charge in [-0.25, -0.2) is 9.59 Å². The third kappa shape index (κ3) is 9.33. The molecule has 1 saturated heterocycles. The fourth-order valence-electron chi connectivity index (χ4n) is 1.99. The summed E-state index contributed by atoms with van der Waals surface area (Å²) in [5.74, 6) is -2.14. The molecule has 0 aliphatic carbocycles. The van der Waals surface area contributed by atoms with Crippen LogP contribution in [0.4, 0.5) is 0 Å². The van der Waals surface area contributed by atoms with Gasteiger partial charge >= 0.3 is 11.9 Å². The van der Waals surface area contributed by atoms with Crippen molar-refractivity contribution in [2.75, 3.05) is 39.6 Å². The van der Waals surface area contributed by atoms with Crippen LogP contribution in [-0.2, 0) is 38.1 Å². The van der Waals surface area contributed by atoms with Crippen LogP contribution >= 0.6 is 0 Å². The van der Waals surface area contributed by atoms with Crippen LogP contribution in [0.15, 0.2) is 0 Å². The van der Waals surface area contributed by atoms with Gasteiger partial charge in [0, 0.05) is 0 Å². The van der Waals surface area contributed by atoms with Crippen LogP contribution in [0.1, 0.15) is 26.7 Å². The van der Waals surface area contributed by atoms with Crippen LogP contribution in [0, 0.1) is 0 Å². The SMILES string of the molecule is CC[C@@H]1COC(=O)COCC(=O)OC[C@@H](CC)NC(=O)COCC(=O)N1. The van der Waals surface area contributed by atoms with Gasteiger partial charge in [-0.15, -0.1) is 0 Å². The fourth-order valence-corrected chi connectivity index (χ4v) is 1.99. The Labute approximate surface area is 151 Å². The number of ether oxygens (including phenoxy) is 4. The van der Waals surface area contributed by atoms with E-state index in [1.54, 1.807) is 0 Å². The number of carbonyl (C=O) groups excluding carboxylic acids is 4. The number of esters is 2. The maximum atomic E-state index is 11.8. The molecule has 0 bridgehead atoms. The van der Waals surface area contributed by atoms with Crippen LogP contribution < -0.4 is 10.6 Å². The zero-order valence-electron chi connectivity index (χ0n) is 15.1. The van der Waals surface area contributed by atoms with Gasteiger partial charge < -0.3 is 29.6 Å². The van der Waals surface area contributed by atoms with Crippen molar-refractivity contribution in [1.82, 2.24) is 10.6 Å². The van der Waals surface area contributed by atoms with Crippen LogP contribution in [0.25, 0.3) is 0 Å². The molecule has 0 saturated carbocycles. The normalized spacial score (nSPS) is 25.2. The van der Waals surface area contributed by atoms with E-state index >= 15 is 0 Å². The number of hydrogen-bond acceptors (Lipinski definition) is 8. The highest BCUT2D eigenvalue weighted by Gasteiger charge is 2.17. The van der Waals surface area contributed by atoms with Crippen molar-refractivity contribution >= 4 is 23.8 Å². The lowest BCUT2D eigenvalue weighted by molar-refractivity contribution is -0.157. The molecule has 148 valence electrons. The Bertz CT molecular complexity index is 455. The highest BCUT2D eigenvalue weighted by Crippen LogP contribution is 1.97. The van der Waals surface area contributed by atoms with Crippen molar-refractivity contribution in [2.24, 2.45) is 0 Å². The molecule has 1 rings (SSSR count). The summed E-state index contributed by atoms with van der Waals surface area (Å²) in [6.07, 6.45) is 1.07. The molecule has 10 nitrogen and oxygen atoms in total. The van der Waals surface area contributed by atoms with Crippen molar-refractivity contribution in [1.29, 1.82) is 0 Å². The predicted octanol–water partition coefficient (Wildman–Crippen LogP) is -1.09. The molecule has 0 unspecified atom stereocenters. The summed E-state index contributed by atoms with van der Waals surface area (Å²) in [5.41, 5.74) is 0. The highest BCUT2D eigenvalue weighted by atomic mass is 16.6. The molecule has 1 aliphatic rings. The lowest BCUT2D eigenvalue weighted by Crippen LogP contribution is -2.43. The van der Waals surface area contributed by atoms with Gasteiger partial charge in [-0.1, -0.05) is 13.8 Å². The van der Waals surface area contributed by atoms with Gasteiger partial charge in [0.2, 0.25) is 11.8 Å². The first-order chi connectivity index (χ1) is 12.4. The molecular formula is C16H26N2O8. The summed E-state index contributed by atoms with van der Waals surface area (Å²) in [7, 11) is 0. The highest BCUT2D eigenvalue weighted by molar-refractivity contribution is 5.80. The van der Waals surface area contributed by atoms with Gasteiger partial charge in [0.05, 0.1) is 12.1 Å². The van der Waals surface area contributed by atoms with E-state index in [9.17, 15) is 19.2 Å². The van der Waals surface area contributed by atoms with Crippen molar-refractivity contribution in [3.8, 4) is 0 Å². The Morgan fingerprint density at radius 3 is 1.50 bits per heavy atom. The topological polar surface area (TPSA) is 129 Å². The molecule has 0 aromatic carbocycles. The molecule has 0 aromatic rings. The smallest absolute Gasteiger partial charge is 0.332 e. The third-order valence-corrected chi connectivity index (χ3v) is 3.51. The number of carbonyl (C=O) groups is 4. The fraction of sp³-hybridized carbons (Fsp3) is 0.750. The average Bonchev–Trinajstić information content (AvgIpc) is 2.61. The summed E-state index contributed by atoms with van der Waals surface area (Å²) in [4.78, 5) is 46.8. The second-order valence-electron chi connectivity index (χ2n) is 5.70. The van der Waals surface area contributed by atoms with Crippen LogP contribution in [0.2, 0.25) is 0 Å². The van der Waals surface area contributed by atoms with E-state index in [-0.39, 0.29) is 26.4 Å². The maximum Gasteiger partial charge on any atom is 0.332 e. The van der Waals surface area contributed by atoms with E-state index in [2.05, 4.69) is 10.6 Å². The van der Waals surface area contributed by atoms with Crippen LogP contribution in [0.5, 0.6) is 0 Å². The van der Waals surface area contributed by atoms with E-state index in [0.29, 0.717) is 12.8 Å². The number of rotatable bonds is 2. The van der Waals surface area contributed by atoms with E-state index in [4.69, 9.17) is 18.9 Å². The second-order valence-corrected chi connectivity index (χ2v) is 5.70. The average molecular weight is 374 g/mol. The number of amides is 2. The first kappa shape index (κ1) is 21.8.